The van der Waals surface area contributed by atoms with E-state index in [0.29, 0.717) is 5.75 Å². The van der Waals surface area contributed by atoms with Crippen LogP contribution in [0, 0.1) is 5.82 Å². The van der Waals surface area contributed by atoms with E-state index in [0.717, 1.165) is 6.07 Å². The minimum absolute atomic E-state index is 0.0509. The molecule has 1 aromatic carbocycles. The fraction of sp³-hybridized carbons (Fsp3) is 0.222. The van der Waals surface area contributed by atoms with E-state index >= 15 is 0 Å². The molecule has 3 nitrogen and oxygen atoms in total. The number of methoxy groups -OCH3 is 1. The van der Waals surface area contributed by atoms with Crippen molar-refractivity contribution in [1.82, 2.24) is 0 Å². The van der Waals surface area contributed by atoms with Crippen molar-refractivity contribution in [3.8, 4) is 5.75 Å². The zero-order chi connectivity index (χ0) is 10.0. The van der Waals surface area contributed by atoms with E-state index in [4.69, 9.17) is 10.5 Å². The molecule has 0 aliphatic carbocycles. The molecule has 0 atom stereocenters. The van der Waals surface area contributed by atoms with Gasteiger partial charge < -0.3 is 10.5 Å². The molecule has 4 heteroatoms. The molecule has 0 unspecified atom stereocenters. The first-order valence-electron chi connectivity index (χ1n) is 3.70. The molecule has 0 bridgehead atoms. The smallest absolute Gasteiger partial charge is 0.164 e. The van der Waals surface area contributed by atoms with Crippen LogP contribution in [-0.2, 0) is 0 Å². The Kier molecular flexibility index (Phi) is 2.51. The first-order chi connectivity index (χ1) is 6.07. The number of halogens is 1. The van der Waals surface area contributed by atoms with E-state index in [1.54, 1.807) is 0 Å². The fourth-order valence-corrected chi connectivity index (χ4v) is 1.11. The molecule has 0 aliphatic heterocycles. The third kappa shape index (κ3) is 1.61. The van der Waals surface area contributed by atoms with Gasteiger partial charge in [0.05, 0.1) is 18.4 Å². The predicted octanol–water partition coefficient (Wildman–Crippen LogP) is 1.62. The van der Waals surface area contributed by atoms with Crippen LogP contribution in [0.3, 0.4) is 0 Å². The lowest BCUT2D eigenvalue weighted by atomic mass is 10.1. The molecule has 1 aromatic rings. The minimum atomic E-state index is -0.620. The van der Waals surface area contributed by atoms with Crippen LogP contribution in [0.2, 0.25) is 0 Å². The van der Waals surface area contributed by atoms with Crippen LogP contribution in [0.1, 0.15) is 17.3 Å². The number of ketones is 1. The van der Waals surface area contributed by atoms with Gasteiger partial charge in [0, 0.05) is 0 Å². The highest BCUT2D eigenvalue weighted by Crippen LogP contribution is 2.27. The van der Waals surface area contributed by atoms with Crippen LogP contribution < -0.4 is 10.5 Å². The van der Waals surface area contributed by atoms with Gasteiger partial charge >= 0.3 is 0 Å². The average Bonchev–Trinajstić information content (AvgIpc) is 2.04. The Morgan fingerprint density at radius 3 is 2.62 bits per heavy atom. The van der Waals surface area contributed by atoms with E-state index in [1.165, 1.54) is 20.1 Å². The minimum Gasteiger partial charge on any atom is -0.495 e. The number of hydrogen-bond acceptors (Lipinski definition) is 3. The molecule has 70 valence electrons. The summed E-state index contributed by atoms with van der Waals surface area (Å²) < 4.78 is 17.9. The first-order valence-corrected chi connectivity index (χ1v) is 3.70. The lowest BCUT2D eigenvalue weighted by molar-refractivity contribution is 0.101. The second-order valence-corrected chi connectivity index (χ2v) is 2.59. The van der Waals surface area contributed by atoms with Crippen LogP contribution in [0.4, 0.5) is 10.1 Å². The second-order valence-electron chi connectivity index (χ2n) is 2.59. The number of anilines is 1. The van der Waals surface area contributed by atoms with Gasteiger partial charge in [-0.2, -0.15) is 0 Å². The highest BCUT2D eigenvalue weighted by atomic mass is 19.1. The summed E-state index contributed by atoms with van der Waals surface area (Å²) in [4.78, 5) is 11.0. The molecule has 0 aliphatic rings. The van der Waals surface area contributed by atoms with E-state index in [9.17, 15) is 9.18 Å². The van der Waals surface area contributed by atoms with Crippen molar-refractivity contribution in [3.63, 3.8) is 0 Å². The first kappa shape index (κ1) is 9.51. The van der Waals surface area contributed by atoms with Crippen LogP contribution >= 0.6 is 0 Å². The predicted molar refractivity (Wildman–Crippen MR) is 47.4 cm³/mol. The van der Waals surface area contributed by atoms with Crippen molar-refractivity contribution in [1.29, 1.82) is 0 Å². The van der Waals surface area contributed by atoms with Crippen LogP contribution in [0.15, 0.2) is 12.1 Å². The van der Waals surface area contributed by atoms with Gasteiger partial charge in [0.15, 0.2) is 5.78 Å². The lowest BCUT2D eigenvalue weighted by Gasteiger charge is -2.08. The zero-order valence-corrected chi connectivity index (χ0v) is 7.43. The number of benzene rings is 1. The highest BCUT2D eigenvalue weighted by Gasteiger charge is 2.14. The Morgan fingerprint density at radius 2 is 2.15 bits per heavy atom. The summed E-state index contributed by atoms with van der Waals surface area (Å²) in [6.07, 6.45) is 0. The SMILES string of the molecule is COc1ccc(F)c(C(C)=O)c1N. The number of Topliss-reactive ketones (excluding diaryl/α,β-unsaturated/α-hetero) is 1. The molecule has 0 fully saturated rings. The van der Waals surface area contributed by atoms with Gasteiger partial charge in [-0.3, -0.25) is 4.79 Å². The van der Waals surface area contributed by atoms with E-state index in [2.05, 4.69) is 0 Å². The fourth-order valence-electron chi connectivity index (χ4n) is 1.11. The molecule has 0 heterocycles. The van der Waals surface area contributed by atoms with Gasteiger partial charge in [0.25, 0.3) is 0 Å². The molecule has 0 saturated carbocycles. The maximum absolute atomic E-state index is 13.1. The third-order valence-electron chi connectivity index (χ3n) is 1.73. The van der Waals surface area contributed by atoms with Crippen molar-refractivity contribution in [2.75, 3.05) is 12.8 Å². The van der Waals surface area contributed by atoms with Gasteiger partial charge in [-0.15, -0.1) is 0 Å². The number of nitrogen functional groups attached to an aromatic ring is 1. The molecule has 0 saturated heterocycles. The quantitative estimate of drug-likeness (QED) is 0.560. The summed E-state index contributed by atoms with van der Waals surface area (Å²) in [5, 5.41) is 0. The molecule has 0 aromatic heterocycles. The van der Waals surface area contributed by atoms with Crippen LogP contribution in [0.25, 0.3) is 0 Å². The second kappa shape index (κ2) is 3.43. The van der Waals surface area contributed by atoms with Gasteiger partial charge in [-0.25, -0.2) is 4.39 Å². The van der Waals surface area contributed by atoms with Crippen LogP contribution in [-0.4, -0.2) is 12.9 Å². The maximum Gasteiger partial charge on any atom is 0.164 e. The van der Waals surface area contributed by atoms with Gasteiger partial charge in [-0.05, 0) is 19.1 Å². The van der Waals surface area contributed by atoms with Crippen molar-refractivity contribution in [3.05, 3.63) is 23.5 Å². The molecule has 0 amide bonds. The maximum atomic E-state index is 13.1. The summed E-state index contributed by atoms with van der Waals surface area (Å²) in [7, 11) is 1.41. The molecule has 13 heavy (non-hydrogen) atoms. The molecule has 2 N–H and O–H groups in total. The summed E-state index contributed by atoms with van der Waals surface area (Å²) in [5.41, 5.74) is 5.45. The van der Waals surface area contributed by atoms with Crippen molar-refractivity contribution in [2.45, 2.75) is 6.92 Å². The normalized spacial score (nSPS) is 9.77. The Hall–Kier alpha value is -1.58. The Balaban J connectivity index is 3.38. The molecule has 1 rings (SSSR count). The van der Waals surface area contributed by atoms with E-state index in [-0.39, 0.29) is 11.3 Å². The zero-order valence-electron chi connectivity index (χ0n) is 7.43. The Bertz CT molecular complexity index is 350. The number of ether oxygens (including phenoxy) is 1. The Labute approximate surface area is 75.3 Å². The molecular weight excluding hydrogens is 173 g/mol. The number of carbonyl (C=O) groups excluding carboxylic acids is 1. The highest BCUT2D eigenvalue weighted by molar-refractivity contribution is 6.00. The summed E-state index contributed by atoms with van der Waals surface area (Å²) in [6.45, 7) is 1.26. The summed E-state index contributed by atoms with van der Waals surface area (Å²) in [5.74, 6) is -0.716. The summed E-state index contributed by atoms with van der Waals surface area (Å²) >= 11 is 0. The standard InChI is InChI=1S/C9H10FNO2/c1-5(12)8-6(10)3-4-7(13-2)9(8)11/h3-4H,11H2,1-2H3. The van der Waals surface area contributed by atoms with Crippen molar-refractivity contribution >= 4 is 11.5 Å². The Morgan fingerprint density at radius 1 is 1.54 bits per heavy atom. The topological polar surface area (TPSA) is 52.3 Å². The largest absolute Gasteiger partial charge is 0.495 e. The average molecular weight is 183 g/mol. The number of rotatable bonds is 2. The number of hydrogen-bond donors (Lipinski definition) is 1. The molecule has 0 radical (unpaired) electrons. The lowest BCUT2D eigenvalue weighted by Crippen LogP contribution is -2.05. The van der Waals surface area contributed by atoms with Gasteiger partial charge in [0.1, 0.15) is 11.6 Å². The molecular formula is C9H10FNO2. The van der Waals surface area contributed by atoms with Crippen LogP contribution in [0.5, 0.6) is 5.75 Å². The third-order valence-corrected chi connectivity index (χ3v) is 1.73. The molecule has 0 spiro atoms. The monoisotopic (exact) mass is 183 g/mol. The van der Waals surface area contributed by atoms with Gasteiger partial charge in [0.2, 0.25) is 0 Å². The number of carbonyl (C=O) groups is 1. The van der Waals surface area contributed by atoms with Gasteiger partial charge in [-0.1, -0.05) is 0 Å². The van der Waals surface area contributed by atoms with E-state index in [1.807, 2.05) is 0 Å². The van der Waals surface area contributed by atoms with E-state index < -0.39 is 11.6 Å². The number of nitrogens with two attached hydrogens (primary N) is 1. The van der Waals surface area contributed by atoms with Crippen molar-refractivity contribution < 1.29 is 13.9 Å². The summed E-state index contributed by atoms with van der Waals surface area (Å²) in [6, 6.07) is 2.54. The van der Waals surface area contributed by atoms with Crippen molar-refractivity contribution in [2.24, 2.45) is 0 Å².